The minimum atomic E-state index is 0.0806. The molecule has 5 heteroatoms. The van der Waals surface area contributed by atoms with Crippen LogP contribution in [0.4, 0.5) is 5.13 Å². The molecule has 1 atom stereocenters. The monoisotopic (exact) mass is 243 g/mol. The second-order valence-electron chi connectivity index (χ2n) is 4.16. The van der Waals surface area contributed by atoms with Gasteiger partial charge in [-0.15, -0.1) is 0 Å². The van der Waals surface area contributed by atoms with Gasteiger partial charge in [0.1, 0.15) is 0 Å². The molecule has 0 amide bonds. The number of hydrogen-bond acceptors (Lipinski definition) is 5. The van der Waals surface area contributed by atoms with E-state index in [4.69, 9.17) is 5.11 Å². The van der Waals surface area contributed by atoms with Crippen LogP contribution in [0.1, 0.15) is 18.7 Å². The number of aliphatic hydroxyl groups excluding tert-OH is 1. The maximum absolute atomic E-state index is 9.03. The fraction of sp³-hybridized carbons (Fsp3) is 0.727. The molecule has 1 unspecified atom stereocenters. The van der Waals surface area contributed by atoms with Crippen molar-refractivity contribution in [1.82, 2.24) is 9.88 Å². The third-order valence-corrected chi connectivity index (χ3v) is 3.46. The van der Waals surface area contributed by atoms with Crippen molar-refractivity contribution >= 4 is 16.5 Å². The summed E-state index contributed by atoms with van der Waals surface area (Å²) >= 11 is 1.57. The fourth-order valence-electron chi connectivity index (χ4n) is 1.77. The van der Waals surface area contributed by atoms with E-state index in [1.165, 1.54) is 0 Å². The summed E-state index contributed by atoms with van der Waals surface area (Å²) in [6.07, 6.45) is 1.76. The molecule has 0 spiro atoms. The van der Waals surface area contributed by atoms with Crippen molar-refractivity contribution in [1.29, 1.82) is 0 Å². The van der Waals surface area contributed by atoms with Gasteiger partial charge >= 0.3 is 0 Å². The molecule has 4 nitrogen and oxygen atoms in total. The summed E-state index contributed by atoms with van der Waals surface area (Å²) in [6.45, 7) is 6.35. The second-order valence-corrected chi connectivity index (χ2v) is 5.26. The first-order valence-corrected chi connectivity index (χ1v) is 6.37. The third-order valence-electron chi connectivity index (χ3n) is 2.45. The predicted octanol–water partition coefficient (Wildman–Crippen LogP) is 1.41. The van der Waals surface area contributed by atoms with Crippen LogP contribution in [0.3, 0.4) is 0 Å². The van der Waals surface area contributed by atoms with Crippen LogP contribution in [0.25, 0.3) is 0 Å². The number of thiazole rings is 1. The molecule has 92 valence electrons. The lowest BCUT2D eigenvalue weighted by Gasteiger charge is -2.29. The van der Waals surface area contributed by atoms with E-state index in [2.05, 4.69) is 42.7 Å². The topological polar surface area (TPSA) is 39.6 Å². The van der Waals surface area contributed by atoms with E-state index in [0.717, 1.165) is 23.1 Å². The Bertz CT molecular complexity index is 314. The van der Waals surface area contributed by atoms with Gasteiger partial charge in [0.05, 0.1) is 11.5 Å². The lowest BCUT2D eigenvalue weighted by Crippen LogP contribution is -2.40. The number of aromatic nitrogens is 1. The van der Waals surface area contributed by atoms with E-state index in [1.54, 1.807) is 17.5 Å². The Morgan fingerprint density at radius 1 is 1.50 bits per heavy atom. The maximum Gasteiger partial charge on any atom is 0.185 e. The van der Waals surface area contributed by atoms with Crippen LogP contribution < -0.4 is 4.90 Å². The zero-order valence-corrected chi connectivity index (χ0v) is 11.3. The number of anilines is 1. The minimum absolute atomic E-state index is 0.0806. The van der Waals surface area contributed by atoms with Crippen LogP contribution in [-0.4, -0.2) is 48.2 Å². The van der Waals surface area contributed by atoms with Gasteiger partial charge in [-0.25, -0.2) is 4.98 Å². The Kier molecular flexibility index (Phi) is 5.18. The minimum Gasteiger partial charge on any atom is -0.391 e. The van der Waals surface area contributed by atoms with Gasteiger partial charge in [-0.05, 0) is 27.9 Å². The molecule has 0 fully saturated rings. The molecule has 1 aromatic heterocycles. The quantitative estimate of drug-likeness (QED) is 0.820. The van der Waals surface area contributed by atoms with E-state index in [9.17, 15) is 0 Å². The molecule has 1 heterocycles. The molecule has 1 N–H and O–H groups in total. The van der Waals surface area contributed by atoms with Gasteiger partial charge < -0.3 is 14.9 Å². The van der Waals surface area contributed by atoms with Crippen molar-refractivity contribution in [2.24, 2.45) is 0 Å². The highest BCUT2D eigenvalue weighted by Gasteiger charge is 2.16. The van der Waals surface area contributed by atoms with Crippen LogP contribution in [0.2, 0.25) is 0 Å². The van der Waals surface area contributed by atoms with E-state index >= 15 is 0 Å². The average Bonchev–Trinajstić information content (AvgIpc) is 2.66. The van der Waals surface area contributed by atoms with Crippen LogP contribution in [0.5, 0.6) is 0 Å². The van der Waals surface area contributed by atoms with Crippen LogP contribution >= 0.6 is 11.3 Å². The van der Waals surface area contributed by atoms with E-state index in [-0.39, 0.29) is 6.61 Å². The lowest BCUT2D eigenvalue weighted by molar-refractivity contribution is 0.285. The Morgan fingerprint density at radius 2 is 2.19 bits per heavy atom. The number of aliphatic hydroxyl groups is 1. The summed E-state index contributed by atoms with van der Waals surface area (Å²) < 4.78 is 0. The SMILES string of the molecule is CCN(c1ncc(CO)s1)C(C)CN(C)C. The van der Waals surface area contributed by atoms with Gasteiger partial charge in [0, 0.05) is 25.3 Å². The summed E-state index contributed by atoms with van der Waals surface area (Å²) in [7, 11) is 4.15. The fourth-order valence-corrected chi connectivity index (χ4v) is 2.70. The van der Waals surface area contributed by atoms with Gasteiger partial charge in [0.25, 0.3) is 0 Å². The van der Waals surface area contributed by atoms with Crippen molar-refractivity contribution in [3.05, 3.63) is 11.1 Å². The molecule has 0 radical (unpaired) electrons. The molecule has 1 rings (SSSR count). The summed E-state index contributed by atoms with van der Waals surface area (Å²) in [6, 6.07) is 0.428. The van der Waals surface area contributed by atoms with Crippen molar-refractivity contribution in [3.8, 4) is 0 Å². The Balaban J connectivity index is 2.72. The molecular formula is C11H21N3OS. The highest BCUT2D eigenvalue weighted by molar-refractivity contribution is 7.15. The molecule has 0 bridgehead atoms. The number of nitrogens with zero attached hydrogens (tertiary/aromatic N) is 3. The smallest absolute Gasteiger partial charge is 0.185 e. The first-order chi connectivity index (χ1) is 7.58. The highest BCUT2D eigenvalue weighted by atomic mass is 32.1. The first-order valence-electron chi connectivity index (χ1n) is 5.55. The van der Waals surface area contributed by atoms with Gasteiger partial charge in [-0.2, -0.15) is 0 Å². The van der Waals surface area contributed by atoms with Crippen LogP contribution in [-0.2, 0) is 6.61 Å². The summed E-state index contributed by atoms with van der Waals surface area (Å²) in [5.74, 6) is 0. The molecule has 16 heavy (non-hydrogen) atoms. The Hall–Kier alpha value is -0.650. The number of hydrogen-bond donors (Lipinski definition) is 1. The molecule has 0 aliphatic carbocycles. The molecule has 0 saturated heterocycles. The highest BCUT2D eigenvalue weighted by Crippen LogP contribution is 2.24. The zero-order valence-electron chi connectivity index (χ0n) is 10.5. The van der Waals surface area contributed by atoms with E-state index in [1.807, 2.05) is 0 Å². The Morgan fingerprint density at radius 3 is 2.62 bits per heavy atom. The van der Waals surface area contributed by atoms with Crippen LogP contribution in [0, 0.1) is 0 Å². The lowest BCUT2D eigenvalue weighted by atomic mass is 10.3. The van der Waals surface area contributed by atoms with Crippen LogP contribution in [0.15, 0.2) is 6.20 Å². The average molecular weight is 243 g/mol. The maximum atomic E-state index is 9.03. The molecule has 0 saturated carbocycles. The summed E-state index contributed by atoms with van der Waals surface area (Å²) in [4.78, 5) is 9.72. The molecule has 1 aromatic rings. The van der Waals surface area contributed by atoms with Crippen molar-refractivity contribution in [3.63, 3.8) is 0 Å². The third kappa shape index (κ3) is 3.43. The van der Waals surface area contributed by atoms with E-state index in [0.29, 0.717) is 6.04 Å². The van der Waals surface area contributed by atoms with Crippen molar-refractivity contribution < 1.29 is 5.11 Å². The first kappa shape index (κ1) is 13.4. The summed E-state index contributed by atoms with van der Waals surface area (Å²) in [5.41, 5.74) is 0. The zero-order chi connectivity index (χ0) is 12.1. The van der Waals surface area contributed by atoms with E-state index < -0.39 is 0 Å². The molecule has 0 aromatic carbocycles. The summed E-state index contributed by atoms with van der Waals surface area (Å²) in [5, 5.41) is 10.0. The van der Waals surface area contributed by atoms with Gasteiger partial charge in [-0.1, -0.05) is 11.3 Å². The molecule has 0 aliphatic heterocycles. The normalized spacial score (nSPS) is 13.1. The van der Waals surface area contributed by atoms with Gasteiger partial charge in [0.2, 0.25) is 0 Å². The van der Waals surface area contributed by atoms with Gasteiger partial charge in [0.15, 0.2) is 5.13 Å². The predicted molar refractivity (Wildman–Crippen MR) is 69.1 cm³/mol. The second kappa shape index (κ2) is 6.18. The standard InChI is InChI=1S/C11H21N3OS/c1-5-14(9(2)7-13(3)4)11-12-6-10(8-15)16-11/h6,9,15H,5,7-8H2,1-4H3. The largest absolute Gasteiger partial charge is 0.391 e. The molecule has 0 aliphatic rings. The van der Waals surface area contributed by atoms with Crippen molar-refractivity contribution in [2.45, 2.75) is 26.5 Å². The van der Waals surface area contributed by atoms with Crippen molar-refractivity contribution in [2.75, 3.05) is 32.1 Å². The van der Waals surface area contributed by atoms with Gasteiger partial charge in [-0.3, -0.25) is 0 Å². The molecular weight excluding hydrogens is 222 g/mol. The number of likely N-dealkylation sites (N-methyl/N-ethyl adjacent to an activating group) is 2. The number of rotatable bonds is 6. The Labute approximate surface area is 102 Å².